The van der Waals surface area contributed by atoms with Crippen molar-refractivity contribution in [2.24, 2.45) is 11.8 Å². The third-order valence-electron chi connectivity index (χ3n) is 6.12. The Bertz CT molecular complexity index is 1260. The number of esters is 2. The zero-order valence-electron chi connectivity index (χ0n) is 26.3. The Morgan fingerprint density at radius 2 is 1.62 bits per heavy atom. The summed E-state index contributed by atoms with van der Waals surface area (Å²) >= 11 is 0. The highest BCUT2D eigenvalue weighted by molar-refractivity contribution is 6.06. The highest BCUT2D eigenvalue weighted by Crippen LogP contribution is 2.34. The van der Waals surface area contributed by atoms with Crippen LogP contribution in [0.25, 0.3) is 17.2 Å². The fourth-order valence-corrected chi connectivity index (χ4v) is 3.59. The number of amides is 2. The molecular weight excluding hydrogens is 538 g/mol. The van der Waals surface area contributed by atoms with Crippen LogP contribution in [-0.2, 0) is 14.3 Å². The summed E-state index contributed by atoms with van der Waals surface area (Å²) < 4.78 is 16.1. The lowest BCUT2D eigenvalue weighted by molar-refractivity contribution is -0.169. The first-order chi connectivity index (χ1) is 20.0. The number of rotatable bonds is 13. The van der Waals surface area contributed by atoms with Gasteiger partial charge in [0.2, 0.25) is 6.29 Å². The van der Waals surface area contributed by atoms with Crippen LogP contribution in [0.5, 0.6) is 5.75 Å². The maximum absolute atomic E-state index is 13.4. The number of benzene rings is 1. The Morgan fingerprint density at radius 3 is 2.17 bits per heavy atom. The van der Waals surface area contributed by atoms with Crippen LogP contribution in [0.2, 0.25) is 0 Å². The molecule has 0 fully saturated rings. The van der Waals surface area contributed by atoms with Crippen LogP contribution in [-0.4, -0.2) is 55.2 Å². The van der Waals surface area contributed by atoms with Crippen LogP contribution < -0.4 is 15.4 Å². The predicted molar refractivity (Wildman–Crippen MR) is 163 cm³/mol. The van der Waals surface area contributed by atoms with E-state index in [2.05, 4.69) is 22.2 Å². The van der Waals surface area contributed by atoms with Crippen molar-refractivity contribution in [1.82, 2.24) is 15.6 Å². The molecule has 0 aliphatic carbocycles. The van der Waals surface area contributed by atoms with E-state index in [1.54, 1.807) is 39.0 Å². The van der Waals surface area contributed by atoms with Gasteiger partial charge in [0.05, 0.1) is 13.0 Å². The Morgan fingerprint density at radius 1 is 0.952 bits per heavy atom. The summed E-state index contributed by atoms with van der Waals surface area (Å²) in [5, 5.41) is 5.58. The smallest absolute Gasteiger partial charge is 0.360 e. The van der Waals surface area contributed by atoms with Gasteiger partial charge in [-0.2, -0.15) is 0 Å². The van der Waals surface area contributed by atoms with Gasteiger partial charge in [-0.05, 0) is 37.1 Å². The van der Waals surface area contributed by atoms with Gasteiger partial charge in [0.25, 0.3) is 11.8 Å². The Balaban J connectivity index is 0.00000431. The van der Waals surface area contributed by atoms with Crippen LogP contribution >= 0.6 is 0 Å². The number of nitrogens with one attached hydrogen (secondary N) is 2. The van der Waals surface area contributed by atoms with Gasteiger partial charge >= 0.3 is 11.9 Å². The molecule has 0 aliphatic rings. The minimum Gasteiger partial charge on any atom is -0.496 e. The number of nitrogens with zero attached hydrogens (tertiary/aromatic N) is 1. The molecule has 2 atom stereocenters. The second-order valence-electron chi connectivity index (χ2n) is 9.58. The molecule has 1 heterocycles. The number of hydrogen-bond acceptors (Lipinski definition) is 8. The lowest BCUT2D eigenvalue weighted by Gasteiger charge is -2.19. The van der Waals surface area contributed by atoms with Crippen LogP contribution in [0.1, 0.15) is 98.7 Å². The van der Waals surface area contributed by atoms with Gasteiger partial charge in [-0.25, -0.2) is 9.78 Å². The minimum atomic E-state index is -1.22. The molecule has 0 saturated heterocycles. The van der Waals surface area contributed by atoms with E-state index in [4.69, 9.17) is 14.2 Å². The summed E-state index contributed by atoms with van der Waals surface area (Å²) in [5.41, 5.74) is 1.11. The molecule has 230 valence electrons. The quantitative estimate of drug-likeness (QED) is 0.228. The molecule has 10 nitrogen and oxygen atoms in total. The third kappa shape index (κ3) is 9.71. The van der Waals surface area contributed by atoms with Gasteiger partial charge in [0.15, 0.2) is 5.69 Å². The first kappa shape index (κ1) is 35.8. The highest BCUT2D eigenvalue weighted by atomic mass is 16.7. The van der Waals surface area contributed by atoms with E-state index in [9.17, 15) is 19.2 Å². The average molecular weight is 584 g/mol. The lowest BCUT2D eigenvalue weighted by atomic mass is 9.94. The van der Waals surface area contributed by atoms with Gasteiger partial charge in [-0.1, -0.05) is 60.6 Å². The summed E-state index contributed by atoms with van der Waals surface area (Å²) in [7, 11) is 1.47. The van der Waals surface area contributed by atoms with Crippen molar-refractivity contribution in [2.75, 3.05) is 20.2 Å². The van der Waals surface area contributed by atoms with Crippen molar-refractivity contribution in [2.45, 2.75) is 68.1 Å². The number of aromatic nitrogens is 1. The van der Waals surface area contributed by atoms with E-state index in [1.807, 2.05) is 27.7 Å². The standard InChI is InChI=1S/C30H39N3O7.C2H6/c1-9-18(6)16-32-28(35)24-13-12-21(26(33-24)30(37)40-19(7)39-29(36)17(4)5)22-15-25(38-8)20(10-2)14-23(22)27(34)31-11-3;1-2/h10,12-15,17-19H,2,9,11,16H2,1,3-8H3,(H,31,34)(H,32,35);1-2H3. The zero-order valence-corrected chi connectivity index (χ0v) is 26.3. The monoisotopic (exact) mass is 583 g/mol. The number of ether oxygens (including phenoxy) is 3. The van der Waals surface area contributed by atoms with Crippen molar-refractivity contribution >= 4 is 29.8 Å². The molecule has 2 aromatic rings. The van der Waals surface area contributed by atoms with E-state index in [-0.39, 0.29) is 28.4 Å². The largest absolute Gasteiger partial charge is 0.496 e. The molecule has 0 spiro atoms. The second kappa shape index (κ2) is 17.6. The lowest BCUT2D eigenvalue weighted by Crippen LogP contribution is -2.30. The molecule has 42 heavy (non-hydrogen) atoms. The first-order valence-electron chi connectivity index (χ1n) is 14.3. The molecule has 0 radical (unpaired) electrons. The fraction of sp³-hybridized carbons (Fsp3) is 0.469. The zero-order chi connectivity index (χ0) is 32.0. The molecule has 2 rings (SSSR count). The van der Waals surface area contributed by atoms with Gasteiger partial charge in [0, 0.05) is 42.3 Å². The van der Waals surface area contributed by atoms with Crippen LogP contribution in [0, 0.1) is 11.8 Å². The average Bonchev–Trinajstić information content (AvgIpc) is 2.99. The van der Waals surface area contributed by atoms with E-state index >= 15 is 0 Å². The molecule has 1 aromatic carbocycles. The SMILES string of the molecule is C=Cc1cc(C(=O)NCC)c(-c2ccc(C(=O)NCC(C)CC)nc2C(=O)OC(C)OC(=O)C(C)C)cc1OC.CC. The Kier molecular flexibility index (Phi) is 15.0. The maximum Gasteiger partial charge on any atom is 0.360 e. The van der Waals surface area contributed by atoms with E-state index in [0.29, 0.717) is 30.0 Å². The normalized spacial score (nSPS) is 11.8. The topological polar surface area (TPSA) is 133 Å². The van der Waals surface area contributed by atoms with E-state index in [0.717, 1.165) is 6.42 Å². The summed E-state index contributed by atoms with van der Waals surface area (Å²) in [4.78, 5) is 55.7. The molecule has 10 heteroatoms. The third-order valence-corrected chi connectivity index (χ3v) is 6.12. The van der Waals surface area contributed by atoms with Crippen LogP contribution in [0.15, 0.2) is 30.8 Å². The molecule has 2 N–H and O–H groups in total. The number of carbonyl (C=O) groups excluding carboxylic acids is 4. The van der Waals surface area contributed by atoms with Crippen LogP contribution in [0.4, 0.5) is 0 Å². The number of hydrogen-bond donors (Lipinski definition) is 2. The molecule has 2 unspecified atom stereocenters. The minimum absolute atomic E-state index is 0.0138. The predicted octanol–water partition coefficient (Wildman–Crippen LogP) is 5.65. The summed E-state index contributed by atoms with van der Waals surface area (Å²) in [6.07, 6.45) is 1.21. The number of pyridine rings is 1. The van der Waals surface area contributed by atoms with E-state index < -0.39 is 36.0 Å². The second-order valence-corrected chi connectivity index (χ2v) is 9.58. The van der Waals surface area contributed by atoms with Crippen molar-refractivity contribution < 1.29 is 33.4 Å². The van der Waals surface area contributed by atoms with Gasteiger partial charge < -0.3 is 24.8 Å². The van der Waals surface area contributed by atoms with Crippen molar-refractivity contribution in [3.05, 3.63) is 53.4 Å². The first-order valence-corrected chi connectivity index (χ1v) is 14.3. The van der Waals surface area contributed by atoms with Gasteiger partial charge in [-0.3, -0.25) is 14.4 Å². The van der Waals surface area contributed by atoms with Crippen molar-refractivity contribution in [3.63, 3.8) is 0 Å². The summed E-state index contributed by atoms with van der Waals surface area (Å²) in [6, 6.07) is 6.19. The molecule has 0 saturated carbocycles. The number of methoxy groups -OCH3 is 1. The van der Waals surface area contributed by atoms with Crippen LogP contribution in [0.3, 0.4) is 0 Å². The molecular formula is C32H45N3O7. The van der Waals surface area contributed by atoms with Crippen molar-refractivity contribution in [3.8, 4) is 16.9 Å². The van der Waals surface area contributed by atoms with Gasteiger partial charge in [-0.15, -0.1) is 0 Å². The summed E-state index contributed by atoms with van der Waals surface area (Å²) in [6.45, 7) is 19.1. The molecule has 2 amide bonds. The van der Waals surface area contributed by atoms with E-state index in [1.165, 1.54) is 26.2 Å². The van der Waals surface area contributed by atoms with Gasteiger partial charge in [0.1, 0.15) is 11.4 Å². The molecule has 0 bridgehead atoms. The summed E-state index contributed by atoms with van der Waals surface area (Å²) in [5.74, 6) is -2.12. The fourth-order valence-electron chi connectivity index (χ4n) is 3.59. The molecule has 0 aliphatic heterocycles. The Labute approximate surface area is 249 Å². The van der Waals surface area contributed by atoms with Crippen molar-refractivity contribution in [1.29, 1.82) is 0 Å². The maximum atomic E-state index is 13.4. The number of carbonyl (C=O) groups is 4. The Hall–Kier alpha value is -4.21. The highest BCUT2D eigenvalue weighted by Gasteiger charge is 2.26. The molecule has 1 aromatic heterocycles.